The van der Waals surface area contributed by atoms with Crippen molar-refractivity contribution in [3.63, 3.8) is 0 Å². The minimum atomic E-state index is -0.903. The SMILES string of the molecule is CCC1CC=C(O)C=C(OC/C=C/C(C)CCC=C(C)C)C1C(=O)O. The third-order valence-corrected chi connectivity index (χ3v) is 4.47. The minimum absolute atomic E-state index is 0.0691. The maximum atomic E-state index is 11.7. The zero-order valence-corrected chi connectivity index (χ0v) is 15.9. The molecule has 0 spiro atoms. The highest BCUT2D eigenvalue weighted by atomic mass is 16.5. The topological polar surface area (TPSA) is 66.8 Å². The number of rotatable bonds is 9. The molecule has 0 aromatic carbocycles. The second-order valence-electron chi connectivity index (χ2n) is 6.97. The predicted octanol–water partition coefficient (Wildman–Crippen LogP) is 5.40. The number of aliphatic hydroxyl groups excluding tert-OH is 1. The maximum Gasteiger partial charge on any atom is 0.314 e. The molecule has 0 aliphatic heterocycles. The van der Waals surface area contributed by atoms with Crippen LogP contribution in [0.25, 0.3) is 0 Å². The summed E-state index contributed by atoms with van der Waals surface area (Å²) in [5, 5.41) is 19.4. The Balaban J connectivity index is 2.63. The van der Waals surface area contributed by atoms with Crippen LogP contribution in [0.2, 0.25) is 0 Å². The molecule has 2 N–H and O–H groups in total. The van der Waals surface area contributed by atoms with E-state index in [0.29, 0.717) is 24.7 Å². The van der Waals surface area contributed by atoms with Crippen molar-refractivity contribution in [2.45, 2.75) is 53.4 Å². The quantitative estimate of drug-likeness (QED) is 0.548. The summed E-state index contributed by atoms with van der Waals surface area (Å²) in [6, 6.07) is 0. The van der Waals surface area contributed by atoms with Gasteiger partial charge < -0.3 is 14.9 Å². The van der Waals surface area contributed by atoms with E-state index in [1.165, 1.54) is 11.6 Å². The Labute approximate surface area is 151 Å². The molecule has 1 rings (SSSR count). The molecule has 0 radical (unpaired) electrons. The van der Waals surface area contributed by atoms with Crippen molar-refractivity contribution in [1.29, 1.82) is 0 Å². The lowest BCUT2D eigenvalue weighted by atomic mass is 9.87. The zero-order chi connectivity index (χ0) is 18.8. The molecule has 0 aromatic rings. The monoisotopic (exact) mass is 348 g/mol. The summed E-state index contributed by atoms with van der Waals surface area (Å²) in [6.07, 6.45) is 12.8. The normalized spacial score (nSPS) is 21.9. The van der Waals surface area contributed by atoms with Gasteiger partial charge in [-0.3, -0.25) is 4.79 Å². The van der Waals surface area contributed by atoms with Gasteiger partial charge in [-0.25, -0.2) is 0 Å². The van der Waals surface area contributed by atoms with Gasteiger partial charge in [0.1, 0.15) is 24.0 Å². The van der Waals surface area contributed by atoms with Gasteiger partial charge in [0.2, 0.25) is 0 Å². The van der Waals surface area contributed by atoms with Gasteiger partial charge in [-0.2, -0.15) is 0 Å². The van der Waals surface area contributed by atoms with Crippen molar-refractivity contribution in [2.24, 2.45) is 17.8 Å². The summed E-state index contributed by atoms with van der Waals surface area (Å²) in [6.45, 7) is 8.62. The molecular weight excluding hydrogens is 316 g/mol. The summed E-state index contributed by atoms with van der Waals surface area (Å²) in [5.41, 5.74) is 1.33. The van der Waals surface area contributed by atoms with E-state index in [-0.39, 0.29) is 11.7 Å². The number of carboxylic acid groups (broad SMARTS) is 1. The Morgan fingerprint density at radius 1 is 1.44 bits per heavy atom. The van der Waals surface area contributed by atoms with Gasteiger partial charge in [-0.15, -0.1) is 0 Å². The predicted molar refractivity (Wildman–Crippen MR) is 101 cm³/mol. The Morgan fingerprint density at radius 3 is 2.76 bits per heavy atom. The van der Waals surface area contributed by atoms with Gasteiger partial charge in [-0.05, 0) is 51.0 Å². The fraction of sp³-hybridized carbons (Fsp3) is 0.571. The number of aliphatic carboxylic acids is 1. The van der Waals surface area contributed by atoms with Gasteiger partial charge in [0, 0.05) is 6.08 Å². The van der Waals surface area contributed by atoms with Crippen LogP contribution in [-0.4, -0.2) is 22.8 Å². The van der Waals surface area contributed by atoms with Crippen molar-refractivity contribution in [3.05, 3.63) is 47.5 Å². The van der Waals surface area contributed by atoms with Crippen LogP contribution in [0.5, 0.6) is 0 Å². The van der Waals surface area contributed by atoms with Crippen molar-refractivity contribution in [1.82, 2.24) is 0 Å². The van der Waals surface area contributed by atoms with Crippen molar-refractivity contribution >= 4 is 5.97 Å². The summed E-state index contributed by atoms with van der Waals surface area (Å²) in [7, 11) is 0. The molecule has 3 unspecified atom stereocenters. The van der Waals surface area contributed by atoms with E-state index in [0.717, 1.165) is 19.3 Å². The van der Waals surface area contributed by atoms with E-state index in [9.17, 15) is 15.0 Å². The molecule has 0 saturated heterocycles. The first kappa shape index (κ1) is 21.1. The van der Waals surface area contributed by atoms with Gasteiger partial charge in [0.25, 0.3) is 0 Å². The summed E-state index contributed by atoms with van der Waals surface area (Å²) in [4.78, 5) is 11.7. The molecule has 1 aliphatic carbocycles. The molecule has 25 heavy (non-hydrogen) atoms. The lowest BCUT2D eigenvalue weighted by Gasteiger charge is -2.22. The molecule has 4 heteroatoms. The molecule has 0 bridgehead atoms. The maximum absolute atomic E-state index is 11.7. The van der Waals surface area contributed by atoms with Crippen LogP contribution in [0, 0.1) is 17.8 Å². The van der Waals surface area contributed by atoms with Crippen LogP contribution in [0.3, 0.4) is 0 Å². The van der Waals surface area contributed by atoms with Gasteiger partial charge >= 0.3 is 5.97 Å². The number of aliphatic hydroxyl groups is 1. The second kappa shape index (κ2) is 10.8. The Kier molecular flexibility index (Phi) is 9.11. The number of hydrogen-bond acceptors (Lipinski definition) is 3. The highest BCUT2D eigenvalue weighted by Crippen LogP contribution is 2.31. The van der Waals surface area contributed by atoms with Gasteiger partial charge in [-0.1, -0.05) is 44.1 Å². The smallest absolute Gasteiger partial charge is 0.314 e. The van der Waals surface area contributed by atoms with E-state index >= 15 is 0 Å². The summed E-state index contributed by atoms with van der Waals surface area (Å²) in [5.74, 6) is -0.826. The van der Waals surface area contributed by atoms with E-state index in [4.69, 9.17) is 4.74 Å². The van der Waals surface area contributed by atoms with Crippen LogP contribution < -0.4 is 0 Å². The highest BCUT2D eigenvalue weighted by molar-refractivity contribution is 5.73. The Bertz CT molecular complexity index is 550. The molecule has 0 fully saturated rings. The molecule has 0 amide bonds. The first-order valence-electron chi connectivity index (χ1n) is 9.11. The van der Waals surface area contributed by atoms with E-state index in [2.05, 4.69) is 32.9 Å². The van der Waals surface area contributed by atoms with E-state index < -0.39 is 11.9 Å². The highest BCUT2D eigenvalue weighted by Gasteiger charge is 2.33. The molecule has 0 aromatic heterocycles. The number of carboxylic acids is 1. The standard InChI is InChI=1S/C21H32O4/c1-5-17-11-12-18(22)14-19(20(17)21(23)24)25-13-7-10-16(4)9-6-8-15(2)3/h7-8,10,12,14,16-17,20,22H,5-6,9,11,13H2,1-4H3,(H,23,24)/b10-7+. The lowest BCUT2D eigenvalue weighted by Crippen LogP contribution is -2.26. The van der Waals surface area contributed by atoms with Gasteiger partial charge in [0.05, 0.1) is 0 Å². The van der Waals surface area contributed by atoms with Crippen LogP contribution in [-0.2, 0) is 9.53 Å². The largest absolute Gasteiger partial charge is 0.508 e. The third kappa shape index (κ3) is 7.63. The molecule has 1 aliphatic rings. The van der Waals surface area contributed by atoms with Crippen LogP contribution >= 0.6 is 0 Å². The molecule has 4 nitrogen and oxygen atoms in total. The van der Waals surface area contributed by atoms with Crippen molar-refractivity contribution < 1.29 is 19.7 Å². The summed E-state index contributed by atoms with van der Waals surface area (Å²) >= 11 is 0. The number of ether oxygens (including phenoxy) is 1. The molecule has 0 heterocycles. The van der Waals surface area contributed by atoms with Gasteiger partial charge in [0.15, 0.2) is 0 Å². The molecule has 3 atom stereocenters. The molecular formula is C21H32O4. The van der Waals surface area contributed by atoms with Crippen LogP contribution in [0.1, 0.15) is 53.4 Å². The Hall–Kier alpha value is -1.97. The first-order valence-corrected chi connectivity index (χ1v) is 9.11. The van der Waals surface area contributed by atoms with E-state index in [1.807, 2.05) is 13.0 Å². The van der Waals surface area contributed by atoms with Crippen molar-refractivity contribution in [3.8, 4) is 0 Å². The number of carbonyl (C=O) groups is 1. The second-order valence-corrected chi connectivity index (χ2v) is 6.97. The molecule has 0 saturated carbocycles. The van der Waals surface area contributed by atoms with Crippen LogP contribution in [0.4, 0.5) is 0 Å². The first-order chi connectivity index (χ1) is 11.8. The Morgan fingerprint density at radius 2 is 2.16 bits per heavy atom. The number of hydrogen-bond donors (Lipinski definition) is 2. The molecule has 140 valence electrons. The fourth-order valence-corrected chi connectivity index (χ4v) is 2.96. The third-order valence-electron chi connectivity index (χ3n) is 4.47. The average Bonchev–Trinajstić information content (AvgIpc) is 2.69. The fourth-order valence-electron chi connectivity index (χ4n) is 2.96. The van der Waals surface area contributed by atoms with Crippen molar-refractivity contribution in [2.75, 3.05) is 6.61 Å². The number of allylic oxidation sites excluding steroid dienone is 5. The minimum Gasteiger partial charge on any atom is -0.508 e. The lowest BCUT2D eigenvalue weighted by molar-refractivity contribution is -0.143. The zero-order valence-electron chi connectivity index (χ0n) is 15.9. The van der Waals surface area contributed by atoms with E-state index in [1.54, 1.807) is 6.08 Å². The average molecular weight is 348 g/mol. The summed E-state index contributed by atoms with van der Waals surface area (Å²) < 4.78 is 5.71. The van der Waals surface area contributed by atoms with Crippen LogP contribution in [0.15, 0.2) is 47.5 Å².